The Balaban J connectivity index is 3.25. The lowest BCUT2D eigenvalue weighted by Crippen LogP contribution is -2.04. The lowest BCUT2D eigenvalue weighted by molar-refractivity contribution is -0.136. The zero-order chi connectivity index (χ0) is 11.4. The number of carbonyl (C=O) groups is 1. The van der Waals surface area contributed by atoms with Gasteiger partial charge in [-0.05, 0) is 24.6 Å². The van der Waals surface area contributed by atoms with Gasteiger partial charge in [-0.1, -0.05) is 0 Å². The summed E-state index contributed by atoms with van der Waals surface area (Å²) in [5, 5.41) is 17.5. The molecule has 0 fully saturated rings. The molecule has 0 heterocycles. The maximum Gasteiger partial charge on any atom is 0.307 e. The van der Waals surface area contributed by atoms with Crippen molar-refractivity contribution in [3.63, 3.8) is 0 Å². The van der Waals surface area contributed by atoms with Crippen molar-refractivity contribution in [3.8, 4) is 11.8 Å². The number of benzene rings is 1. The number of carboxylic acids is 1. The zero-order valence-corrected chi connectivity index (χ0v) is 8.57. The van der Waals surface area contributed by atoms with Crippen molar-refractivity contribution < 1.29 is 14.6 Å². The Labute approximate surface area is 87.7 Å². The number of nitrogens with zero attached hydrogens (tertiary/aromatic N) is 1. The van der Waals surface area contributed by atoms with Crippen LogP contribution in [0.2, 0.25) is 0 Å². The van der Waals surface area contributed by atoms with Crippen LogP contribution in [0.1, 0.15) is 16.7 Å². The number of aliphatic carboxylic acids is 1. The van der Waals surface area contributed by atoms with Gasteiger partial charge in [-0.2, -0.15) is 5.26 Å². The SMILES string of the molecule is COc1cc(C#N)cc(C)c1CC(=O)O. The van der Waals surface area contributed by atoms with Gasteiger partial charge in [0, 0.05) is 5.56 Å². The third-order valence-electron chi connectivity index (χ3n) is 2.11. The molecule has 1 rings (SSSR count). The van der Waals surface area contributed by atoms with E-state index in [9.17, 15) is 4.79 Å². The van der Waals surface area contributed by atoms with Crippen molar-refractivity contribution >= 4 is 5.97 Å². The van der Waals surface area contributed by atoms with Crippen molar-refractivity contribution in [3.05, 3.63) is 28.8 Å². The van der Waals surface area contributed by atoms with Crippen LogP contribution in [0.5, 0.6) is 5.75 Å². The fourth-order valence-electron chi connectivity index (χ4n) is 1.41. The maximum absolute atomic E-state index is 10.6. The van der Waals surface area contributed by atoms with Crippen LogP contribution in [-0.4, -0.2) is 18.2 Å². The average molecular weight is 205 g/mol. The molecule has 0 radical (unpaired) electrons. The largest absolute Gasteiger partial charge is 0.496 e. The molecule has 0 saturated carbocycles. The third-order valence-corrected chi connectivity index (χ3v) is 2.11. The van der Waals surface area contributed by atoms with Gasteiger partial charge >= 0.3 is 5.97 Å². The Morgan fingerprint density at radius 1 is 1.60 bits per heavy atom. The minimum atomic E-state index is -0.916. The molecule has 0 spiro atoms. The minimum Gasteiger partial charge on any atom is -0.496 e. The summed E-state index contributed by atoms with van der Waals surface area (Å²) in [7, 11) is 1.46. The molecule has 1 aromatic carbocycles. The second-order valence-corrected chi connectivity index (χ2v) is 3.16. The highest BCUT2D eigenvalue weighted by molar-refractivity contribution is 5.72. The van der Waals surface area contributed by atoms with Crippen LogP contribution in [0, 0.1) is 18.3 Å². The molecular weight excluding hydrogens is 194 g/mol. The number of nitriles is 1. The molecule has 0 aromatic heterocycles. The average Bonchev–Trinajstić information content (AvgIpc) is 2.20. The summed E-state index contributed by atoms with van der Waals surface area (Å²) in [5.41, 5.74) is 1.84. The van der Waals surface area contributed by atoms with Crippen LogP contribution in [0.4, 0.5) is 0 Å². The molecule has 4 heteroatoms. The number of ether oxygens (including phenoxy) is 1. The normalized spacial score (nSPS) is 9.40. The highest BCUT2D eigenvalue weighted by atomic mass is 16.5. The number of hydrogen-bond acceptors (Lipinski definition) is 3. The van der Waals surface area contributed by atoms with Gasteiger partial charge in [-0.15, -0.1) is 0 Å². The first-order chi connectivity index (χ1) is 7.08. The van der Waals surface area contributed by atoms with E-state index in [1.807, 2.05) is 6.07 Å². The van der Waals surface area contributed by atoms with Crippen LogP contribution < -0.4 is 4.74 Å². The molecule has 0 saturated heterocycles. The molecule has 0 bridgehead atoms. The first kappa shape index (κ1) is 11.1. The van der Waals surface area contributed by atoms with Crippen LogP contribution in [-0.2, 0) is 11.2 Å². The quantitative estimate of drug-likeness (QED) is 0.811. The van der Waals surface area contributed by atoms with Gasteiger partial charge in [0.25, 0.3) is 0 Å². The van der Waals surface area contributed by atoms with E-state index in [0.29, 0.717) is 16.9 Å². The fourth-order valence-corrected chi connectivity index (χ4v) is 1.41. The van der Waals surface area contributed by atoms with E-state index >= 15 is 0 Å². The van der Waals surface area contributed by atoms with Crippen molar-refractivity contribution in [1.82, 2.24) is 0 Å². The fraction of sp³-hybridized carbons (Fsp3) is 0.273. The molecule has 1 N–H and O–H groups in total. The van der Waals surface area contributed by atoms with E-state index in [1.165, 1.54) is 7.11 Å². The first-order valence-electron chi connectivity index (χ1n) is 4.38. The molecule has 0 aliphatic rings. The number of aryl methyl sites for hydroxylation is 1. The zero-order valence-electron chi connectivity index (χ0n) is 8.57. The van der Waals surface area contributed by atoms with Crippen molar-refractivity contribution in [2.24, 2.45) is 0 Å². The Morgan fingerprint density at radius 3 is 2.73 bits per heavy atom. The summed E-state index contributed by atoms with van der Waals surface area (Å²) in [6.45, 7) is 1.77. The van der Waals surface area contributed by atoms with Crippen molar-refractivity contribution in [2.75, 3.05) is 7.11 Å². The molecule has 0 aliphatic heterocycles. The molecule has 0 amide bonds. The van der Waals surface area contributed by atoms with Crippen LogP contribution in [0.15, 0.2) is 12.1 Å². The standard InChI is InChI=1S/C11H11NO3/c1-7-3-8(6-12)4-10(15-2)9(7)5-11(13)14/h3-4H,5H2,1-2H3,(H,13,14). The molecule has 0 unspecified atom stereocenters. The van der Waals surface area contributed by atoms with E-state index < -0.39 is 5.97 Å². The summed E-state index contributed by atoms with van der Waals surface area (Å²) in [4.78, 5) is 10.6. The van der Waals surface area contributed by atoms with Crippen LogP contribution >= 0.6 is 0 Å². The van der Waals surface area contributed by atoms with E-state index in [4.69, 9.17) is 15.1 Å². The number of carboxylic acid groups (broad SMARTS) is 1. The second-order valence-electron chi connectivity index (χ2n) is 3.16. The van der Waals surface area contributed by atoms with E-state index in [0.717, 1.165) is 5.56 Å². The van der Waals surface area contributed by atoms with Gasteiger partial charge in [-0.25, -0.2) is 0 Å². The Hall–Kier alpha value is -2.02. The highest BCUT2D eigenvalue weighted by Crippen LogP contribution is 2.24. The van der Waals surface area contributed by atoms with Crippen molar-refractivity contribution in [1.29, 1.82) is 5.26 Å². The summed E-state index contributed by atoms with van der Waals surface area (Å²) in [6, 6.07) is 5.20. The molecule has 78 valence electrons. The lowest BCUT2D eigenvalue weighted by atomic mass is 10.0. The Kier molecular flexibility index (Phi) is 3.29. The Bertz CT molecular complexity index is 432. The second kappa shape index (κ2) is 4.47. The predicted molar refractivity (Wildman–Crippen MR) is 53.8 cm³/mol. The van der Waals surface area contributed by atoms with Gasteiger partial charge < -0.3 is 9.84 Å². The number of methoxy groups -OCH3 is 1. The predicted octanol–water partition coefficient (Wildman–Crippen LogP) is 1.50. The molecular formula is C11H11NO3. The van der Waals surface area contributed by atoms with Gasteiger partial charge in [-0.3, -0.25) is 4.79 Å². The first-order valence-corrected chi connectivity index (χ1v) is 4.38. The Morgan fingerprint density at radius 2 is 2.27 bits per heavy atom. The molecule has 15 heavy (non-hydrogen) atoms. The van der Waals surface area contributed by atoms with Gasteiger partial charge in [0.15, 0.2) is 0 Å². The minimum absolute atomic E-state index is 0.0965. The van der Waals surface area contributed by atoms with Gasteiger partial charge in [0.05, 0.1) is 25.2 Å². The molecule has 0 atom stereocenters. The molecule has 0 aliphatic carbocycles. The highest BCUT2D eigenvalue weighted by Gasteiger charge is 2.11. The number of hydrogen-bond donors (Lipinski definition) is 1. The van der Waals surface area contributed by atoms with E-state index in [2.05, 4.69) is 0 Å². The third kappa shape index (κ3) is 2.47. The maximum atomic E-state index is 10.6. The smallest absolute Gasteiger partial charge is 0.307 e. The monoisotopic (exact) mass is 205 g/mol. The molecule has 4 nitrogen and oxygen atoms in total. The molecule has 1 aromatic rings. The summed E-state index contributed by atoms with van der Waals surface area (Å²) < 4.78 is 5.06. The van der Waals surface area contributed by atoms with Crippen molar-refractivity contribution in [2.45, 2.75) is 13.3 Å². The summed E-state index contributed by atoms with van der Waals surface area (Å²) >= 11 is 0. The van der Waals surface area contributed by atoms with Crippen LogP contribution in [0.3, 0.4) is 0 Å². The van der Waals surface area contributed by atoms with Gasteiger partial charge in [0.1, 0.15) is 5.75 Å². The topological polar surface area (TPSA) is 70.3 Å². The van der Waals surface area contributed by atoms with E-state index in [1.54, 1.807) is 19.1 Å². The summed E-state index contributed by atoms with van der Waals surface area (Å²) in [5.74, 6) is -0.463. The van der Waals surface area contributed by atoms with Crippen LogP contribution in [0.25, 0.3) is 0 Å². The van der Waals surface area contributed by atoms with E-state index in [-0.39, 0.29) is 6.42 Å². The summed E-state index contributed by atoms with van der Waals surface area (Å²) in [6.07, 6.45) is -0.0965. The van der Waals surface area contributed by atoms with Gasteiger partial charge in [0.2, 0.25) is 0 Å². The number of rotatable bonds is 3. The lowest BCUT2D eigenvalue weighted by Gasteiger charge is -2.10.